The minimum absolute atomic E-state index is 0.0231. The smallest absolute Gasteiger partial charge is 0.343 e. The van der Waals surface area contributed by atoms with Crippen molar-refractivity contribution in [2.45, 2.75) is 62.6 Å². The number of nitrogens with zero attached hydrogens (tertiary/aromatic N) is 2. The van der Waals surface area contributed by atoms with Gasteiger partial charge in [-0.15, -0.1) is 0 Å². The molecule has 2 aliphatic heterocycles. The first-order valence-corrected chi connectivity index (χ1v) is 16.5. The van der Waals surface area contributed by atoms with Crippen molar-refractivity contribution in [3.8, 4) is 5.75 Å². The number of anilines is 1. The molecule has 1 N–H and O–H groups in total. The molecule has 1 spiro atoms. The predicted octanol–water partition coefficient (Wildman–Crippen LogP) is 5.27. The lowest BCUT2D eigenvalue weighted by Crippen LogP contribution is -2.49. The molecule has 1 fully saturated rings. The topological polar surface area (TPSA) is 88.5 Å². The third-order valence-corrected chi connectivity index (χ3v) is 10.9. The number of hydrogen-bond donors (Lipinski definition) is 1. The minimum Gasteiger partial charge on any atom is -0.490 e. The number of halogens is 1. The number of esters is 1. The van der Waals surface area contributed by atoms with Crippen LogP contribution in [0.4, 0.5) is 5.69 Å². The lowest BCUT2D eigenvalue weighted by atomic mass is 9.68. The first-order valence-electron chi connectivity index (χ1n) is 16.1. The van der Waals surface area contributed by atoms with E-state index in [1.165, 1.54) is 18.2 Å². The van der Waals surface area contributed by atoms with Crippen LogP contribution in [0.2, 0.25) is 5.02 Å². The largest absolute Gasteiger partial charge is 0.490 e. The number of aryl methyl sites for hydroxylation is 1. The van der Waals surface area contributed by atoms with Gasteiger partial charge < -0.3 is 29.1 Å². The maximum absolute atomic E-state index is 13.5. The van der Waals surface area contributed by atoms with E-state index in [4.69, 9.17) is 25.8 Å². The maximum Gasteiger partial charge on any atom is 0.343 e. The number of ether oxygens (including phenoxy) is 3. The molecule has 2 bridgehead atoms. The van der Waals surface area contributed by atoms with Gasteiger partial charge in [-0.05, 0) is 90.8 Å². The summed E-state index contributed by atoms with van der Waals surface area (Å²) in [6.07, 6.45) is 8.96. The zero-order chi connectivity index (χ0) is 31.9. The number of rotatable bonds is 2. The van der Waals surface area contributed by atoms with Gasteiger partial charge >= 0.3 is 5.97 Å². The van der Waals surface area contributed by atoms with E-state index in [9.17, 15) is 14.7 Å². The average Bonchev–Trinajstić information content (AvgIpc) is 3.16. The van der Waals surface area contributed by atoms with Gasteiger partial charge in [-0.25, -0.2) is 4.79 Å². The number of fused-ring (bicyclic) bond motifs is 4. The van der Waals surface area contributed by atoms with Crippen molar-refractivity contribution >= 4 is 29.2 Å². The lowest BCUT2D eigenvalue weighted by Gasteiger charge is -2.46. The number of carbonyl (C=O) groups is 2. The molecule has 0 saturated heterocycles. The van der Waals surface area contributed by atoms with Gasteiger partial charge in [0.25, 0.3) is 0 Å². The lowest BCUT2D eigenvalue weighted by molar-refractivity contribution is -0.168. The summed E-state index contributed by atoms with van der Waals surface area (Å²) in [5.41, 5.74) is 1.25. The fourth-order valence-electron chi connectivity index (χ4n) is 8.01. The Morgan fingerprint density at radius 1 is 1.11 bits per heavy atom. The Balaban J connectivity index is 1.47. The molecule has 2 heterocycles. The van der Waals surface area contributed by atoms with Crippen LogP contribution >= 0.6 is 11.6 Å². The number of hydrogen-bond acceptors (Lipinski definition) is 7. The molecule has 2 aliphatic carbocycles. The molecule has 6 rings (SSSR count). The highest BCUT2D eigenvalue weighted by Crippen LogP contribution is 2.48. The van der Waals surface area contributed by atoms with Gasteiger partial charge in [0.15, 0.2) is 5.60 Å². The molecule has 242 valence electrons. The van der Waals surface area contributed by atoms with Gasteiger partial charge in [-0.3, -0.25) is 4.79 Å². The van der Waals surface area contributed by atoms with Gasteiger partial charge in [-0.2, -0.15) is 0 Å². The molecule has 4 aliphatic rings. The highest BCUT2D eigenvalue weighted by molar-refractivity contribution is 6.30. The number of aliphatic hydroxyl groups is 1. The molecule has 0 radical (unpaired) electrons. The van der Waals surface area contributed by atoms with E-state index in [-0.39, 0.29) is 23.3 Å². The molecule has 9 heteroatoms. The second-order valence-corrected chi connectivity index (χ2v) is 14.1. The van der Waals surface area contributed by atoms with E-state index in [1.807, 2.05) is 18.2 Å². The van der Waals surface area contributed by atoms with Crippen LogP contribution < -0.4 is 9.64 Å². The van der Waals surface area contributed by atoms with Gasteiger partial charge in [0, 0.05) is 44.2 Å². The molecule has 1 saturated carbocycles. The molecule has 0 unspecified atom stereocenters. The Bertz CT molecular complexity index is 1480. The summed E-state index contributed by atoms with van der Waals surface area (Å²) >= 11 is 6.44. The molecule has 6 atom stereocenters. The van der Waals surface area contributed by atoms with Crippen molar-refractivity contribution in [3.63, 3.8) is 0 Å². The zero-order valence-electron chi connectivity index (χ0n) is 26.8. The molecular weight excluding hydrogens is 592 g/mol. The minimum atomic E-state index is -2.16. The van der Waals surface area contributed by atoms with E-state index in [0.717, 1.165) is 49.4 Å². The summed E-state index contributed by atoms with van der Waals surface area (Å²) in [6.45, 7) is 4.49. The molecule has 2 aromatic carbocycles. The van der Waals surface area contributed by atoms with Crippen LogP contribution in [0.15, 0.2) is 48.6 Å². The van der Waals surface area contributed by atoms with E-state index in [0.29, 0.717) is 42.8 Å². The second-order valence-electron chi connectivity index (χ2n) is 13.7. The summed E-state index contributed by atoms with van der Waals surface area (Å²) in [4.78, 5) is 30.7. The molecule has 1 amide bonds. The van der Waals surface area contributed by atoms with Crippen LogP contribution in [-0.4, -0.2) is 75.5 Å². The average molecular weight is 637 g/mol. The molecule has 8 nitrogen and oxygen atoms in total. The van der Waals surface area contributed by atoms with Crippen molar-refractivity contribution in [2.75, 3.05) is 52.4 Å². The zero-order valence-corrected chi connectivity index (χ0v) is 27.5. The summed E-state index contributed by atoms with van der Waals surface area (Å²) < 4.78 is 17.7. The van der Waals surface area contributed by atoms with Crippen LogP contribution in [0, 0.1) is 17.8 Å². The Kier molecular flexibility index (Phi) is 8.94. The number of methoxy groups -OCH3 is 2. The Hall–Kier alpha value is -3.07. The Morgan fingerprint density at radius 3 is 2.67 bits per heavy atom. The first kappa shape index (κ1) is 31.9. The van der Waals surface area contributed by atoms with E-state index < -0.39 is 18.0 Å². The normalized spacial score (nSPS) is 32.4. The number of benzene rings is 2. The molecule has 0 aromatic heterocycles. The van der Waals surface area contributed by atoms with Crippen LogP contribution in [0.1, 0.15) is 55.7 Å². The summed E-state index contributed by atoms with van der Waals surface area (Å²) in [7, 11) is 4.71. The predicted molar refractivity (Wildman–Crippen MR) is 174 cm³/mol. The number of carbonyl (C=O) groups excluding carboxylic acids is 2. The third-order valence-electron chi connectivity index (χ3n) is 10.7. The fraction of sp³-hybridized carbons (Fsp3) is 0.556. The van der Waals surface area contributed by atoms with Gasteiger partial charge in [-0.1, -0.05) is 42.8 Å². The summed E-state index contributed by atoms with van der Waals surface area (Å²) in [5, 5.41) is 12.7. The van der Waals surface area contributed by atoms with Gasteiger partial charge in [0.1, 0.15) is 5.75 Å². The van der Waals surface area contributed by atoms with Crippen molar-refractivity contribution in [2.24, 2.45) is 17.8 Å². The van der Waals surface area contributed by atoms with Crippen molar-refractivity contribution < 1.29 is 28.9 Å². The second kappa shape index (κ2) is 12.6. The van der Waals surface area contributed by atoms with E-state index in [2.05, 4.69) is 36.1 Å². The monoisotopic (exact) mass is 636 g/mol. The van der Waals surface area contributed by atoms with Crippen molar-refractivity contribution in [3.05, 3.63) is 70.3 Å². The molecule has 2 aromatic rings. The fourth-order valence-corrected chi connectivity index (χ4v) is 8.21. The van der Waals surface area contributed by atoms with Crippen molar-refractivity contribution in [1.82, 2.24) is 4.90 Å². The summed E-state index contributed by atoms with van der Waals surface area (Å²) in [6, 6.07) is 11.6. The van der Waals surface area contributed by atoms with Crippen LogP contribution in [0.3, 0.4) is 0 Å². The molecular formula is C36H45ClN2O6. The first-order chi connectivity index (χ1) is 21.6. The highest BCUT2D eigenvalue weighted by atomic mass is 35.5. The SMILES string of the molecule is COC(=O)[C@@]1(O)CC(=O)N(C)C[C@@H](C)/C=C/[C@H](OC)[C@@H]2CC[C@H]2CN2C[C@@]3(CCCc4cc(Cl)ccc43)COc3ccc1cc32. The maximum atomic E-state index is 13.5. The van der Waals surface area contributed by atoms with Crippen LogP contribution in [0.5, 0.6) is 5.75 Å². The van der Waals surface area contributed by atoms with Gasteiger partial charge in [0.05, 0.1) is 31.9 Å². The van der Waals surface area contributed by atoms with Crippen LogP contribution in [-0.2, 0) is 36.5 Å². The van der Waals surface area contributed by atoms with Crippen LogP contribution in [0.25, 0.3) is 0 Å². The standard InChI is InChI=1S/C36H45ClN2O6/c1-23-7-13-31(43-3)28-11-8-25(28)20-39-21-35(15-5-6-24-16-27(37)10-12-29(24)35)22-45-32-14-9-26(17-30(32)39)36(42,34(41)44-4)18-33(40)38(2)19-23/h7,9-10,12-14,16-17,23,25,28,31,42H,5-6,8,11,15,18-22H2,1-4H3/b13-7+/t23-,25-,28+,31-,35-,36+/m0/s1. The van der Waals surface area contributed by atoms with Gasteiger partial charge in [0.2, 0.25) is 5.91 Å². The molecule has 45 heavy (non-hydrogen) atoms. The van der Waals surface area contributed by atoms with Crippen molar-refractivity contribution in [1.29, 1.82) is 0 Å². The Morgan fingerprint density at radius 2 is 1.93 bits per heavy atom. The highest BCUT2D eigenvalue weighted by Gasteiger charge is 2.46. The third kappa shape index (κ3) is 5.97. The van der Waals surface area contributed by atoms with E-state index >= 15 is 0 Å². The quantitative estimate of drug-likeness (QED) is 0.355. The van der Waals surface area contributed by atoms with E-state index in [1.54, 1.807) is 25.1 Å². The number of amides is 1. The summed E-state index contributed by atoms with van der Waals surface area (Å²) in [5.74, 6) is 0.269. The Labute approximate surface area is 271 Å².